The highest BCUT2D eigenvalue weighted by Crippen LogP contribution is 2.61. The largest absolute Gasteiger partial charge is 0.497 e. The van der Waals surface area contributed by atoms with Crippen molar-refractivity contribution in [3.63, 3.8) is 0 Å². The van der Waals surface area contributed by atoms with Crippen molar-refractivity contribution in [2.45, 2.75) is 78.6 Å². The Labute approximate surface area is 264 Å². The van der Waals surface area contributed by atoms with Gasteiger partial charge in [0.15, 0.2) is 12.2 Å². The average Bonchev–Trinajstić information content (AvgIpc) is 3.01. The Morgan fingerprint density at radius 2 is 1.91 bits per heavy atom. The lowest BCUT2D eigenvalue weighted by Gasteiger charge is -2.61. The number of aromatic nitrogens is 2. The zero-order valence-corrected chi connectivity index (χ0v) is 27.1. The summed E-state index contributed by atoms with van der Waals surface area (Å²) in [6.07, 6.45) is 6.63. The third-order valence-electron chi connectivity index (χ3n) is 10.9. The van der Waals surface area contributed by atoms with Crippen LogP contribution in [-0.2, 0) is 13.0 Å². The number of halogens is 1. The van der Waals surface area contributed by atoms with Crippen LogP contribution in [0.1, 0.15) is 53.0 Å². The smallest absolute Gasteiger partial charge is 0.261 e. The van der Waals surface area contributed by atoms with Crippen LogP contribution >= 0.6 is 0 Å². The minimum atomic E-state index is -0.356. The minimum absolute atomic E-state index is 0.0602. The van der Waals surface area contributed by atoms with Crippen molar-refractivity contribution in [1.82, 2.24) is 19.4 Å². The summed E-state index contributed by atoms with van der Waals surface area (Å²) in [5.74, 6) is 2.77. The van der Waals surface area contributed by atoms with E-state index in [2.05, 4.69) is 56.0 Å². The standard InChI is InChI=1S/C35H44FN7O2/c1-21-17-42(18-22(2)43(21)19-37)34(40-31-14-25-13-29(23(31)3)35(25,4)5)39-26-8-10-28-32(15-26)38-20-41(33(28)44)12-11-24-7-9-27(45-6)16-30(24)36/h7-10,15-16,20-23,25,29,31H,11-14,17-18H2,1-6H3,(H,39,40). The highest BCUT2D eigenvalue weighted by atomic mass is 19.1. The lowest BCUT2D eigenvalue weighted by Crippen LogP contribution is -2.59. The molecule has 4 fully saturated rings. The fraction of sp³-hybridized carbons (Fsp3) is 0.543. The van der Waals surface area contributed by atoms with Crippen molar-refractivity contribution in [3.8, 4) is 11.9 Å². The van der Waals surface area contributed by atoms with E-state index in [1.165, 1.54) is 30.5 Å². The molecule has 9 nitrogen and oxygen atoms in total. The number of aliphatic imine (C=N–C) groups is 1. The predicted octanol–water partition coefficient (Wildman–Crippen LogP) is 5.50. The van der Waals surface area contributed by atoms with Gasteiger partial charge in [-0.05, 0) is 86.1 Å². The number of fused-ring (bicyclic) bond motifs is 3. The van der Waals surface area contributed by atoms with Gasteiger partial charge < -0.3 is 19.9 Å². The molecule has 3 saturated carbocycles. The number of aryl methyl sites for hydroxylation is 2. The second kappa shape index (κ2) is 12.0. The summed E-state index contributed by atoms with van der Waals surface area (Å²) in [6.45, 7) is 13.0. The molecule has 1 saturated heterocycles. The predicted molar refractivity (Wildman–Crippen MR) is 175 cm³/mol. The van der Waals surface area contributed by atoms with Crippen LogP contribution in [-0.4, -0.2) is 63.6 Å². The number of piperazine rings is 1. The van der Waals surface area contributed by atoms with E-state index in [-0.39, 0.29) is 29.5 Å². The van der Waals surface area contributed by atoms with Crippen LogP contribution in [0.3, 0.4) is 0 Å². The maximum atomic E-state index is 14.5. The molecule has 10 heteroatoms. The van der Waals surface area contributed by atoms with Crippen molar-refractivity contribution >= 4 is 22.5 Å². The van der Waals surface area contributed by atoms with E-state index in [1.807, 2.05) is 17.0 Å². The van der Waals surface area contributed by atoms with Crippen LogP contribution in [0.4, 0.5) is 10.1 Å². The maximum absolute atomic E-state index is 14.5. The fourth-order valence-electron chi connectivity index (χ4n) is 7.96. The molecule has 0 amide bonds. The Balaban J connectivity index is 1.25. The first-order valence-electron chi connectivity index (χ1n) is 16.1. The summed E-state index contributed by atoms with van der Waals surface area (Å²) in [5, 5.41) is 13.8. The van der Waals surface area contributed by atoms with E-state index < -0.39 is 0 Å². The lowest BCUT2D eigenvalue weighted by molar-refractivity contribution is -0.108. The number of nitrogens with one attached hydrogen (secondary N) is 1. The number of ether oxygens (including phenoxy) is 1. The molecule has 2 bridgehead atoms. The van der Waals surface area contributed by atoms with E-state index in [0.717, 1.165) is 18.1 Å². The number of methoxy groups -OCH3 is 1. The second-order valence-electron chi connectivity index (χ2n) is 13.9. The van der Waals surface area contributed by atoms with Crippen LogP contribution < -0.4 is 15.6 Å². The maximum Gasteiger partial charge on any atom is 0.261 e. The number of benzene rings is 2. The highest BCUT2D eigenvalue weighted by Gasteiger charge is 2.56. The van der Waals surface area contributed by atoms with E-state index in [1.54, 1.807) is 18.2 Å². The van der Waals surface area contributed by atoms with Gasteiger partial charge in [0.25, 0.3) is 5.56 Å². The molecule has 6 atom stereocenters. The van der Waals surface area contributed by atoms with Crippen LogP contribution in [0.25, 0.3) is 10.9 Å². The second-order valence-corrected chi connectivity index (χ2v) is 13.9. The first-order valence-corrected chi connectivity index (χ1v) is 16.1. The lowest BCUT2D eigenvalue weighted by atomic mass is 9.45. The zero-order chi connectivity index (χ0) is 32.0. The number of hydrogen-bond acceptors (Lipinski definition) is 6. The van der Waals surface area contributed by atoms with Crippen molar-refractivity contribution in [2.24, 2.45) is 28.2 Å². The third kappa shape index (κ3) is 5.73. The van der Waals surface area contributed by atoms with Gasteiger partial charge in [-0.3, -0.25) is 9.36 Å². The van der Waals surface area contributed by atoms with Gasteiger partial charge in [-0.2, -0.15) is 5.26 Å². The van der Waals surface area contributed by atoms with Crippen LogP contribution in [0.2, 0.25) is 0 Å². The normalized spacial score (nSPS) is 27.6. The number of hydrogen-bond donors (Lipinski definition) is 1. The molecule has 7 rings (SSSR count). The monoisotopic (exact) mass is 613 g/mol. The SMILES string of the molecule is COc1ccc(CCn2cnc3cc(NC(=NC4CC5CC(C4C)C5(C)C)N4CC(C)N(C#N)C(C)C4)ccc3c2=O)c(F)c1. The van der Waals surface area contributed by atoms with Gasteiger partial charge in [-0.1, -0.05) is 26.8 Å². The molecular formula is C35H44FN7O2. The first-order chi connectivity index (χ1) is 21.5. The van der Waals surface area contributed by atoms with Gasteiger partial charge in [0.05, 0.1) is 42.5 Å². The summed E-state index contributed by atoms with van der Waals surface area (Å²) in [5.41, 5.74) is 2.12. The Bertz CT molecular complexity index is 1700. The van der Waals surface area contributed by atoms with Gasteiger partial charge in [-0.25, -0.2) is 14.4 Å². The number of guanidine groups is 1. The molecule has 238 valence electrons. The molecule has 2 aromatic carbocycles. The van der Waals surface area contributed by atoms with E-state index in [9.17, 15) is 14.4 Å². The van der Waals surface area contributed by atoms with Crippen molar-refractivity contribution in [2.75, 3.05) is 25.5 Å². The quantitative estimate of drug-likeness (QED) is 0.223. The van der Waals surface area contributed by atoms with Gasteiger partial charge in [0.1, 0.15) is 11.6 Å². The molecule has 0 spiro atoms. The molecule has 3 aromatic rings. The molecule has 6 unspecified atom stereocenters. The Hall–Kier alpha value is -4.13. The third-order valence-corrected chi connectivity index (χ3v) is 10.9. The summed E-state index contributed by atoms with van der Waals surface area (Å²) >= 11 is 0. The molecular weight excluding hydrogens is 569 g/mol. The number of anilines is 1. The minimum Gasteiger partial charge on any atom is -0.497 e. The van der Waals surface area contributed by atoms with Gasteiger partial charge in [0.2, 0.25) is 0 Å². The molecule has 1 N–H and O–H groups in total. The zero-order valence-electron chi connectivity index (χ0n) is 27.1. The van der Waals surface area contributed by atoms with Crippen molar-refractivity contribution in [3.05, 3.63) is 64.5 Å². The molecule has 45 heavy (non-hydrogen) atoms. The Kier molecular flexibility index (Phi) is 8.23. The average molecular weight is 614 g/mol. The van der Waals surface area contributed by atoms with Crippen LogP contribution in [0.15, 0.2) is 52.5 Å². The van der Waals surface area contributed by atoms with E-state index in [4.69, 9.17) is 9.73 Å². The van der Waals surface area contributed by atoms with Gasteiger partial charge >= 0.3 is 0 Å². The summed E-state index contributed by atoms with van der Waals surface area (Å²) in [6, 6.07) is 10.7. The fourth-order valence-corrected chi connectivity index (χ4v) is 7.96. The van der Waals surface area contributed by atoms with Crippen LogP contribution in [0.5, 0.6) is 5.75 Å². The van der Waals surface area contributed by atoms with Crippen LogP contribution in [0, 0.1) is 40.4 Å². The first kappa shape index (κ1) is 30.9. The van der Waals surface area contributed by atoms with Gasteiger partial charge in [-0.15, -0.1) is 0 Å². The van der Waals surface area contributed by atoms with Gasteiger partial charge in [0, 0.05) is 31.4 Å². The number of nitriles is 1. The number of nitrogens with zero attached hydrogens (tertiary/aromatic N) is 6. The molecule has 1 aromatic heterocycles. The topological polar surface area (TPSA) is 98.8 Å². The number of rotatable bonds is 6. The highest BCUT2D eigenvalue weighted by molar-refractivity contribution is 5.96. The van der Waals surface area contributed by atoms with Crippen molar-refractivity contribution in [1.29, 1.82) is 5.26 Å². The van der Waals surface area contributed by atoms with Crippen molar-refractivity contribution < 1.29 is 9.13 Å². The molecule has 2 heterocycles. The summed E-state index contributed by atoms with van der Waals surface area (Å²) < 4.78 is 21.1. The van der Waals surface area contributed by atoms with E-state index in [0.29, 0.717) is 71.4 Å². The molecule has 0 radical (unpaired) electrons. The Morgan fingerprint density at radius 3 is 2.56 bits per heavy atom. The Morgan fingerprint density at radius 1 is 1.16 bits per heavy atom. The summed E-state index contributed by atoms with van der Waals surface area (Å²) in [7, 11) is 1.50. The molecule has 1 aliphatic heterocycles. The summed E-state index contributed by atoms with van der Waals surface area (Å²) in [4.78, 5) is 27.5. The van der Waals surface area contributed by atoms with E-state index >= 15 is 0 Å². The molecule has 3 aliphatic carbocycles. The molecule has 4 aliphatic rings.